The molecule has 0 aliphatic carbocycles. The van der Waals surface area contributed by atoms with E-state index in [0.29, 0.717) is 12.2 Å². The van der Waals surface area contributed by atoms with Crippen LogP contribution in [0.5, 0.6) is 0 Å². The van der Waals surface area contributed by atoms with Crippen LogP contribution in [-0.2, 0) is 9.16 Å². The van der Waals surface area contributed by atoms with Crippen LogP contribution in [0.15, 0.2) is 12.7 Å². The van der Waals surface area contributed by atoms with Crippen LogP contribution >= 0.6 is 0 Å². The van der Waals surface area contributed by atoms with Crippen molar-refractivity contribution in [3.05, 3.63) is 12.7 Å². The number of epoxide rings is 1. The van der Waals surface area contributed by atoms with Gasteiger partial charge in [-0.1, -0.05) is 26.8 Å². The van der Waals surface area contributed by atoms with Crippen molar-refractivity contribution < 1.29 is 9.16 Å². The van der Waals surface area contributed by atoms with Crippen LogP contribution in [0.3, 0.4) is 0 Å². The van der Waals surface area contributed by atoms with Gasteiger partial charge in [0.2, 0.25) is 0 Å². The van der Waals surface area contributed by atoms with E-state index in [2.05, 4.69) is 40.4 Å². The van der Waals surface area contributed by atoms with Gasteiger partial charge in [0.15, 0.2) is 8.32 Å². The zero-order valence-corrected chi connectivity index (χ0v) is 12.4. The Morgan fingerprint density at radius 1 is 1.50 bits per heavy atom. The lowest BCUT2D eigenvalue weighted by molar-refractivity contribution is 0.161. The number of rotatable bonds is 6. The van der Waals surface area contributed by atoms with Crippen molar-refractivity contribution in [1.29, 1.82) is 0 Å². The van der Waals surface area contributed by atoms with Crippen LogP contribution < -0.4 is 0 Å². The minimum atomic E-state index is -1.65. The van der Waals surface area contributed by atoms with E-state index in [0.717, 1.165) is 19.4 Å². The predicted molar refractivity (Wildman–Crippen MR) is 71.2 cm³/mol. The van der Waals surface area contributed by atoms with E-state index in [1.54, 1.807) is 0 Å². The Balaban J connectivity index is 2.54. The maximum atomic E-state index is 6.38. The number of hydrogen-bond acceptors (Lipinski definition) is 2. The number of ether oxygens (including phenoxy) is 1. The van der Waals surface area contributed by atoms with E-state index in [-0.39, 0.29) is 5.04 Å². The highest BCUT2D eigenvalue weighted by atomic mass is 28.4. The molecule has 0 bridgehead atoms. The van der Waals surface area contributed by atoms with Crippen LogP contribution in [0, 0.1) is 0 Å². The van der Waals surface area contributed by atoms with Crippen LogP contribution in [0.1, 0.15) is 33.6 Å². The molecule has 1 aliphatic rings. The van der Waals surface area contributed by atoms with Crippen LogP contribution in [-0.4, -0.2) is 27.1 Å². The maximum Gasteiger partial charge on any atom is 0.192 e. The topological polar surface area (TPSA) is 21.8 Å². The van der Waals surface area contributed by atoms with E-state index in [1.165, 1.54) is 0 Å². The van der Waals surface area contributed by atoms with Gasteiger partial charge >= 0.3 is 0 Å². The molecule has 3 heteroatoms. The normalized spacial score (nSPS) is 22.9. The Morgan fingerprint density at radius 2 is 2.06 bits per heavy atom. The highest BCUT2D eigenvalue weighted by Gasteiger charge is 2.40. The molecule has 1 aliphatic heterocycles. The molecule has 1 rings (SSSR count). The Morgan fingerprint density at radius 3 is 2.44 bits per heavy atom. The first-order valence-electron chi connectivity index (χ1n) is 6.16. The SMILES string of the molecule is C=CC[C@H](C[C@@H]1CO1)O[Si](C)(C)C(C)(C)C. The molecule has 2 nitrogen and oxygen atoms in total. The van der Waals surface area contributed by atoms with E-state index in [1.807, 2.05) is 6.08 Å². The quantitative estimate of drug-likeness (QED) is 0.402. The molecule has 0 unspecified atom stereocenters. The Labute approximate surface area is 101 Å². The van der Waals surface area contributed by atoms with Gasteiger partial charge in [-0.25, -0.2) is 0 Å². The van der Waals surface area contributed by atoms with Crippen molar-refractivity contribution >= 4 is 8.32 Å². The summed E-state index contributed by atoms with van der Waals surface area (Å²) in [5.74, 6) is 0. The standard InChI is InChI=1S/C13H26O2Si/c1-7-8-11(9-12-10-14-12)15-16(5,6)13(2,3)4/h7,11-12H,1,8-10H2,2-6H3/t11-,12-/m1/s1. The van der Waals surface area contributed by atoms with Gasteiger partial charge in [-0.2, -0.15) is 0 Å². The second-order valence-corrected chi connectivity index (χ2v) is 11.0. The minimum Gasteiger partial charge on any atom is -0.414 e. The van der Waals surface area contributed by atoms with Gasteiger partial charge in [-0.3, -0.25) is 0 Å². The van der Waals surface area contributed by atoms with Gasteiger partial charge in [0.05, 0.1) is 18.8 Å². The molecule has 16 heavy (non-hydrogen) atoms. The summed E-state index contributed by atoms with van der Waals surface area (Å²) in [4.78, 5) is 0. The molecule has 0 aromatic rings. The molecule has 2 atom stereocenters. The Hall–Kier alpha value is -0.123. The third kappa shape index (κ3) is 4.04. The lowest BCUT2D eigenvalue weighted by atomic mass is 10.1. The second-order valence-electron chi connectivity index (χ2n) is 6.22. The van der Waals surface area contributed by atoms with Gasteiger partial charge < -0.3 is 9.16 Å². The zero-order valence-electron chi connectivity index (χ0n) is 11.4. The molecule has 0 aromatic heterocycles. The molecule has 0 saturated carbocycles. The summed E-state index contributed by atoms with van der Waals surface area (Å²) in [6.07, 6.45) is 4.66. The van der Waals surface area contributed by atoms with Crippen LogP contribution in [0.25, 0.3) is 0 Å². The molecule has 0 amide bonds. The summed E-state index contributed by atoms with van der Waals surface area (Å²) in [6, 6.07) is 0. The van der Waals surface area contributed by atoms with Crippen LogP contribution in [0.2, 0.25) is 18.1 Å². The fourth-order valence-electron chi connectivity index (χ4n) is 1.47. The van der Waals surface area contributed by atoms with Gasteiger partial charge in [0.25, 0.3) is 0 Å². The van der Waals surface area contributed by atoms with E-state index >= 15 is 0 Å². The van der Waals surface area contributed by atoms with Crippen LogP contribution in [0.4, 0.5) is 0 Å². The molecule has 0 N–H and O–H groups in total. The molecule has 0 aromatic carbocycles. The highest BCUT2D eigenvalue weighted by Crippen LogP contribution is 2.38. The molecule has 0 spiro atoms. The lowest BCUT2D eigenvalue weighted by Crippen LogP contribution is -2.44. The first-order valence-corrected chi connectivity index (χ1v) is 9.07. The second kappa shape index (κ2) is 5.03. The molecule has 94 valence electrons. The van der Waals surface area contributed by atoms with Gasteiger partial charge in [-0.15, -0.1) is 6.58 Å². The zero-order chi connectivity index (χ0) is 12.4. The van der Waals surface area contributed by atoms with Crippen molar-refractivity contribution in [2.24, 2.45) is 0 Å². The number of hydrogen-bond donors (Lipinski definition) is 0. The molecular weight excluding hydrogens is 216 g/mol. The van der Waals surface area contributed by atoms with Gasteiger partial charge in [0, 0.05) is 6.42 Å². The fourth-order valence-corrected chi connectivity index (χ4v) is 2.85. The summed E-state index contributed by atoms with van der Waals surface area (Å²) in [7, 11) is -1.65. The summed E-state index contributed by atoms with van der Waals surface area (Å²) in [6.45, 7) is 16.2. The highest BCUT2D eigenvalue weighted by molar-refractivity contribution is 6.74. The third-order valence-corrected chi connectivity index (χ3v) is 8.16. The Bertz CT molecular complexity index is 239. The van der Waals surface area contributed by atoms with Gasteiger partial charge in [0.1, 0.15) is 0 Å². The first kappa shape index (κ1) is 13.9. The summed E-state index contributed by atoms with van der Waals surface area (Å²) in [5, 5.41) is 0.275. The van der Waals surface area contributed by atoms with Crippen molar-refractivity contribution in [2.45, 2.75) is 64.0 Å². The fraction of sp³-hybridized carbons (Fsp3) is 0.846. The summed E-state index contributed by atoms with van der Waals surface area (Å²) in [5.41, 5.74) is 0. The molecular formula is C13H26O2Si. The summed E-state index contributed by atoms with van der Waals surface area (Å²) < 4.78 is 11.7. The largest absolute Gasteiger partial charge is 0.414 e. The summed E-state index contributed by atoms with van der Waals surface area (Å²) >= 11 is 0. The van der Waals surface area contributed by atoms with Gasteiger partial charge in [-0.05, 0) is 24.6 Å². The Kier molecular flexibility index (Phi) is 4.38. The molecule has 1 saturated heterocycles. The minimum absolute atomic E-state index is 0.275. The predicted octanol–water partition coefficient (Wildman–Crippen LogP) is 3.74. The van der Waals surface area contributed by atoms with Crippen molar-refractivity contribution in [3.8, 4) is 0 Å². The first-order chi connectivity index (χ1) is 7.26. The molecule has 1 heterocycles. The van der Waals surface area contributed by atoms with Crippen molar-refractivity contribution in [3.63, 3.8) is 0 Å². The maximum absolute atomic E-state index is 6.38. The van der Waals surface area contributed by atoms with E-state index < -0.39 is 8.32 Å². The molecule has 1 fully saturated rings. The molecule has 0 radical (unpaired) electrons. The van der Waals surface area contributed by atoms with E-state index in [4.69, 9.17) is 9.16 Å². The van der Waals surface area contributed by atoms with Crippen molar-refractivity contribution in [1.82, 2.24) is 0 Å². The van der Waals surface area contributed by atoms with E-state index in [9.17, 15) is 0 Å². The average Bonchev–Trinajstić information content (AvgIpc) is 2.85. The average molecular weight is 242 g/mol. The third-order valence-electron chi connectivity index (χ3n) is 3.63. The smallest absolute Gasteiger partial charge is 0.192 e. The lowest BCUT2D eigenvalue weighted by Gasteiger charge is -2.39. The van der Waals surface area contributed by atoms with Crippen molar-refractivity contribution in [2.75, 3.05) is 6.61 Å². The monoisotopic (exact) mass is 242 g/mol.